The Bertz CT molecular complexity index is 1040. The van der Waals surface area contributed by atoms with Gasteiger partial charge in [0.2, 0.25) is 0 Å². The highest BCUT2D eigenvalue weighted by Crippen LogP contribution is 2.39. The molecule has 30 heavy (non-hydrogen) atoms. The monoisotopic (exact) mass is 502 g/mol. The molecule has 0 aromatic heterocycles. The van der Waals surface area contributed by atoms with Gasteiger partial charge in [-0.3, -0.25) is 0 Å². The van der Waals surface area contributed by atoms with E-state index in [2.05, 4.69) is 5.32 Å². The number of nitrogens with zero attached hydrogens (tertiary/aromatic N) is 1. The Morgan fingerprint density at radius 2 is 1.93 bits per heavy atom. The zero-order valence-corrected chi connectivity index (χ0v) is 20.0. The molecule has 0 aliphatic carbocycles. The molecule has 0 spiro atoms. The van der Waals surface area contributed by atoms with Crippen LogP contribution in [-0.2, 0) is 15.3 Å². The molecule has 4 nitrogen and oxygen atoms in total. The van der Waals surface area contributed by atoms with Gasteiger partial charge in [0.15, 0.2) is 5.17 Å². The quantitative estimate of drug-likeness (QED) is 0.443. The van der Waals surface area contributed by atoms with Crippen molar-refractivity contribution in [1.82, 2.24) is 5.32 Å². The number of allylic oxidation sites excluding steroid dienone is 1. The Morgan fingerprint density at radius 1 is 1.17 bits per heavy atom. The Labute approximate surface area is 199 Å². The lowest BCUT2D eigenvalue weighted by Crippen LogP contribution is -2.30. The van der Waals surface area contributed by atoms with Gasteiger partial charge >= 0.3 is 5.97 Å². The number of carbonyl (C=O) groups is 1. The summed E-state index contributed by atoms with van der Waals surface area (Å²) in [5, 5.41) is 5.73. The van der Waals surface area contributed by atoms with Gasteiger partial charge in [0.25, 0.3) is 0 Å². The second-order valence-electron chi connectivity index (χ2n) is 6.39. The van der Waals surface area contributed by atoms with Crippen molar-refractivity contribution < 1.29 is 9.53 Å². The molecular weight excluding hydrogens is 486 g/mol. The van der Waals surface area contributed by atoms with Crippen LogP contribution in [0.5, 0.6) is 0 Å². The van der Waals surface area contributed by atoms with Gasteiger partial charge in [0, 0.05) is 27.1 Å². The van der Waals surface area contributed by atoms with E-state index in [0.29, 0.717) is 47.8 Å². The van der Waals surface area contributed by atoms with Crippen LogP contribution in [0.25, 0.3) is 0 Å². The Hall–Kier alpha value is -1.37. The number of esters is 1. The van der Waals surface area contributed by atoms with Crippen molar-refractivity contribution in [2.75, 3.05) is 6.61 Å². The first-order valence-corrected chi connectivity index (χ1v) is 11.5. The molecule has 0 bridgehead atoms. The molecule has 0 radical (unpaired) electrons. The number of aliphatic imine (C=N–C) groups is 1. The lowest BCUT2D eigenvalue weighted by molar-refractivity contribution is -0.138. The molecular formula is C21H18Cl4N2O2S. The van der Waals surface area contributed by atoms with E-state index in [4.69, 9.17) is 56.1 Å². The maximum absolute atomic E-state index is 12.6. The third-order valence-corrected chi connectivity index (χ3v) is 6.73. The van der Waals surface area contributed by atoms with E-state index >= 15 is 0 Å². The average molecular weight is 504 g/mol. The highest BCUT2D eigenvalue weighted by atomic mass is 35.5. The fourth-order valence-electron chi connectivity index (χ4n) is 2.94. The molecule has 0 saturated carbocycles. The topological polar surface area (TPSA) is 50.7 Å². The molecule has 0 fully saturated rings. The molecule has 2 aromatic carbocycles. The molecule has 2 aromatic rings. The summed E-state index contributed by atoms with van der Waals surface area (Å²) in [5.41, 5.74) is 2.60. The van der Waals surface area contributed by atoms with Crippen molar-refractivity contribution in [1.29, 1.82) is 0 Å². The fourth-order valence-corrected chi connectivity index (χ4v) is 4.85. The van der Waals surface area contributed by atoms with E-state index in [1.54, 1.807) is 37.3 Å². The SMILES string of the molecule is CCOC(=O)C1=C(C)NC(SCc2ccc(Cl)cc2Cl)=N[C@H]1c1cccc(Cl)c1Cl. The van der Waals surface area contributed by atoms with Gasteiger partial charge in [-0.25, -0.2) is 9.79 Å². The standard InChI is InChI=1S/C21H18Cl4N2O2S/c1-3-29-20(28)17-11(2)26-21(30-10-12-7-8-13(22)9-16(12)24)27-19(17)14-5-4-6-15(23)18(14)25/h4-9,19H,3,10H2,1-2H3,(H,26,27)/t19-/m0/s1. The largest absolute Gasteiger partial charge is 0.463 e. The number of hydrogen-bond acceptors (Lipinski definition) is 5. The van der Waals surface area contributed by atoms with Gasteiger partial charge in [-0.2, -0.15) is 0 Å². The number of nitrogens with one attached hydrogen (secondary N) is 1. The Morgan fingerprint density at radius 3 is 2.63 bits per heavy atom. The highest BCUT2D eigenvalue weighted by Gasteiger charge is 2.32. The molecule has 1 heterocycles. The minimum atomic E-state index is -0.639. The number of benzene rings is 2. The smallest absolute Gasteiger partial charge is 0.338 e. The van der Waals surface area contributed by atoms with Crippen LogP contribution in [0.4, 0.5) is 0 Å². The van der Waals surface area contributed by atoms with E-state index < -0.39 is 12.0 Å². The maximum atomic E-state index is 12.6. The molecule has 0 unspecified atom stereocenters. The molecule has 0 saturated heterocycles. The minimum Gasteiger partial charge on any atom is -0.463 e. The number of thioether (sulfide) groups is 1. The zero-order valence-electron chi connectivity index (χ0n) is 16.1. The van der Waals surface area contributed by atoms with Crippen LogP contribution in [0, 0.1) is 0 Å². The lowest BCUT2D eigenvalue weighted by atomic mass is 9.96. The van der Waals surface area contributed by atoms with Crippen molar-refractivity contribution in [3.8, 4) is 0 Å². The second-order valence-corrected chi connectivity index (χ2v) is 8.98. The van der Waals surface area contributed by atoms with E-state index in [0.717, 1.165) is 5.56 Å². The van der Waals surface area contributed by atoms with Crippen LogP contribution < -0.4 is 5.32 Å². The summed E-state index contributed by atoms with van der Waals surface area (Å²) < 4.78 is 5.25. The molecule has 1 N–H and O–H groups in total. The minimum absolute atomic E-state index is 0.256. The predicted octanol–water partition coefficient (Wildman–Crippen LogP) is 7.07. The third-order valence-electron chi connectivity index (χ3n) is 4.37. The normalized spacial score (nSPS) is 16.2. The van der Waals surface area contributed by atoms with Gasteiger partial charge in [0.1, 0.15) is 6.04 Å². The van der Waals surface area contributed by atoms with E-state index in [1.165, 1.54) is 11.8 Å². The number of rotatable bonds is 5. The second kappa shape index (κ2) is 10.3. The van der Waals surface area contributed by atoms with Crippen LogP contribution in [0.1, 0.15) is 31.0 Å². The zero-order chi connectivity index (χ0) is 21.8. The first-order valence-electron chi connectivity index (χ1n) is 9.05. The van der Waals surface area contributed by atoms with E-state index in [-0.39, 0.29) is 6.61 Å². The molecule has 158 valence electrons. The number of hydrogen-bond donors (Lipinski definition) is 1. The Balaban J connectivity index is 1.94. The predicted molar refractivity (Wildman–Crippen MR) is 127 cm³/mol. The number of ether oxygens (including phenoxy) is 1. The highest BCUT2D eigenvalue weighted by molar-refractivity contribution is 8.13. The molecule has 1 atom stereocenters. The lowest BCUT2D eigenvalue weighted by Gasteiger charge is -2.26. The van der Waals surface area contributed by atoms with Gasteiger partial charge in [-0.1, -0.05) is 76.4 Å². The van der Waals surface area contributed by atoms with Gasteiger partial charge in [-0.15, -0.1) is 0 Å². The van der Waals surface area contributed by atoms with Crippen molar-refractivity contribution in [2.24, 2.45) is 4.99 Å². The molecule has 1 aliphatic rings. The van der Waals surface area contributed by atoms with Crippen LogP contribution in [0.15, 0.2) is 52.7 Å². The molecule has 0 amide bonds. The van der Waals surface area contributed by atoms with Crippen molar-refractivity contribution >= 4 is 69.3 Å². The van der Waals surface area contributed by atoms with Crippen LogP contribution in [-0.4, -0.2) is 17.7 Å². The summed E-state index contributed by atoms with van der Waals surface area (Å²) in [7, 11) is 0. The summed E-state index contributed by atoms with van der Waals surface area (Å²) >= 11 is 26.4. The third kappa shape index (κ3) is 5.27. The van der Waals surface area contributed by atoms with Crippen LogP contribution in [0.2, 0.25) is 20.1 Å². The summed E-state index contributed by atoms with van der Waals surface area (Å²) in [6, 6.07) is 10.00. The number of amidine groups is 1. The van der Waals surface area contributed by atoms with E-state index in [9.17, 15) is 4.79 Å². The summed E-state index contributed by atoms with van der Waals surface area (Å²) in [6.45, 7) is 3.82. The van der Waals surface area contributed by atoms with Gasteiger partial charge < -0.3 is 10.1 Å². The van der Waals surface area contributed by atoms with Gasteiger partial charge in [0.05, 0.1) is 22.2 Å². The summed E-state index contributed by atoms with van der Waals surface area (Å²) in [6.07, 6.45) is 0. The maximum Gasteiger partial charge on any atom is 0.338 e. The molecule has 3 rings (SSSR count). The first kappa shape index (κ1) is 23.3. The van der Waals surface area contributed by atoms with Crippen molar-refractivity contribution in [3.63, 3.8) is 0 Å². The van der Waals surface area contributed by atoms with E-state index in [1.807, 2.05) is 13.0 Å². The van der Waals surface area contributed by atoms with Gasteiger partial charge in [-0.05, 0) is 37.6 Å². The van der Waals surface area contributed by atoms with Crippen molar-refractivity contribution in [3.05, 3.63) is 78.9 Å². The van der Waals surface area contributed by atoms with Crippen molar-refractivity contribution in [2.45, 2.75) is 25.6 Å². The average Bonchev–Trinajstić information content (AvgIpc) is 2.69. The summed E-state index contributed by atoms with van der Waals surface area (Å²) in [5.74, 6) is 0.122. The number of halogens is 4. The van der Waals surface area contributed by atoms with Crippen LogP contribution in [0.3, 0.4) is 0 Å². The number of carbonyl (C=O) groups excluding carboxylic acids is 1. The summed E-state index contributed by atoms with van der Waals surface area (Å²) in [4.78, 5) is 17.4. The molecule has 1 aliphatic heterocycles. The fraction of sp³-hybridized carbons (Fsp3) is 0.238. The Kier molecular flexibility index (Phi) is 7.99. The van der Waals surface area contributed by atoms with Crippen LogP contribution >= 0.6 is 58.2 Å². The first-order chi connectivity index (χ1) is 14.3. The molecule has 9 heteroatoms.